The first kappa shape index (κ1) is 14.2. The Bertz CT molecular complexity index is 920. The molecule has 1 aliphatic heterocycles. The number of pyridine rings is 1. The van der Waals surface area contributed by atoms with Crippen molar-refractivity contribution >= 4 is 5.57 Å². The minimum atomic E-state index is 0.141. The van der Waals surface area contributed by atoms with Gasteiger partial charge >= 0.3 is 0 Å². The molecule has 0 bridgehead atoms. The molecule has 2 N–H and O–H groups in total. The summed E-state index contributed by atoms with van der Waals surface area (Å²) in [6.45, 7) is 2.01. The number of hydrogen-bond donors (Lipinski definition) is 2. The van der Waals surface area contributed by atoms with Crippen LogP contribution in [-0.2, 0) is 19.3 Å². The van der Waals surface area contributed by atoms with E-state index in [0.717, 1.165) is 56.5 Å². The molecule has 0 amide bonds. The monoisotopic (exact) mass is 318 g/mol. The van der Waals surface area contributed by atoms with E-state index in [0.29, 0.717) is 0 Å². The highest BCUT2D eigenvalue weighted by molar-refractivity contribution is 5.82. The van der Waals surface area contributed by atoms with Crippen LogP contribution in [0.25, 0.3) is 16.8 Å². The van der Waals surface area contributed by atoms with Crippen LogP contribution in [-0.4, -0.2) is 18.1 Å². The van der Waals surface area contributed by atoms with Crippen molar-refractivity contribution in [3.05, 3.63) is 62.4 Å². The van der Waals surface area contributed by atoms with Gasteiger partial charge in [-0.25, -0.2) is 0 Å². The van der Waals surface area contributed by atoms with Crippen molar-refractivity contribution in [1.82, 2.24) is 10.3 Å². The van der Waals surface area contributed by atoms with Crippen LogP contribution in [0.4, 0.5) is 0 Å². The number of aromatic amines is 1. The maximum Gasteiger partial charge on any atom is 0.251 e. The van der Waals surface area contributed by atoms with Gasteiger partial charge in [-0.2, -0.15) is 0 Å². The number of rotatable bonds is 1. The van der Waals surface area contributed by atoms with Crippen molar-refractivity contribution in [2.24, 2.45) is 0 Å². The van der Waals surface area contributed by atoms with Gasteiger partial charge in [0.15, 0.2) is 0 Å². The van der Waals surface area contributed by atoms with Gasteiger partial charge in [0.2, 0.25) is 0 Å². The van der Waals surface area contributed by atoms with E-state index >= 15 is 0 Å². The van der Waals surface area contributed by atoms with Crippen LogP contribution in [0, 0.1) is 0 Å². The molecule has 0 saturated carbocycles. The Morgan fingerprint density at radius 3 is 2.54 bits per heavy atom. The van der Waals surface area contributed by atoms with Gasteiger partial charge in [0.1, 0.15) is 0 Å². The standard InChI is InChI=1S/C21H22N2O/c24-21-17-5-2-1-4-15(17)19-12-18-14(13-8-10-22-11-9-13)6-3-7-16(18)20(19)23-21/h3,6-8,22H,1-2,4-5,9-12H2,(H,23,24). The molecule has 0 saturated heterocycles. The first-order valence-corrected chi connectivity index (χ1v) is 9.12. The SMILES string of the molecule is O=c1[nH]c2c(c3c1CCCC3)Cc1c(C3=CCNCC3)cccc1-2. The molecule has 1 aromatic carbocycles. The third-order valence-electron chi connectivity index (χ3n) is 5.86. The van der Waals surface area contributed by atoms with Crippen molar-refractivity contribution in [3.63, 3.8) is 0 Å². The van der Waals surface area contributed by atoms with E-state index in [4.69, 9.17) is 0 Å². The highest BCUT2D eigenvalue weighted by Crippen LogP contribution is 2.42. The zero-order valence-corrected chi connectivity index (χ0v) is 13.9. The summed E-state index contributed by atoms with van der Waals surface area (Å²) in [4.78, 5) is 15.8. The topological polar surface area (TPSA) is 44.9 Å². The second kappa shape index (κ2) is 5.45. The van der Waals surface area contributed by atoms with E-state index in [2.05, 4.69) is 34.6 Å². The highest BCUT2D eigenvalue weighted by Gasteiger charge is 2.28. The molecule has 24 heavy (non-hydrogen) atoms. The summed E-state index contributed by atoms with van der Waals surface area (Å²) in [7, 11) is 0. The van der Waals surface area contributed by atoms with E-state index in [1.807, 2.05) is 0 Å². The van der Waals surface area contributed by atoms with Crippen LogP contribution in [0.15, 0.2) is 29.1 Å². The number of hydrogen-bond acceptors (Lipinski definition) is 2. The molecule has 0 spiro atoms. The second-order valence-corrected chi connectivity index (χ2v) is 7.16. The lowest BCUT2D eigenvalue weighted by molar-refractivity contribution is 0.672. The molecule has 2 heterocycles. The van der Waals surface area contributed by atoms with Gasteiger partial charge in [-0.15, -0.1) is 0 Å². The fourth-order valence-corrected chi connectivity index (χ4v) is 4.69. The van der Waals surface area contributed by atoms with Gasteiger partial charge in [-0.05, 0) is 66.5 Å². The van der Waals surface area contributed by atoms with E-state index < -0.39 is 0 Å². The van der Waals surface area contributed by atoms with Crippen LogP contribution >= 0.6 is 0 Å². The van der Waals surface area contributed by atoms with Crippen molar-refractivity contribution in [2.45, 2.75) is 38.5 Å². The predicted molar refractivity (Wildman–Crippen MR) is 97.4 cm³/mol. The van der Waals surface area contributed by atoms with Crippen LogP contribution in [0.3, 0.4) is 0 Å². The smallest absolute Gasteiger partial charge is 0.251 e. The summed E-state index contributed by atoms with van der Waals surface area (Å²) < 4.78 is 0. The van der Waals surface area contributed by atoms with Gasteiger partial charge in [0, 0.05) is 24.1 Å². The largest absolute Gasteiger partial charge is 0.321 e. The summed E-state index contributed by atoms with van der Waals surface area (Å²) in [6.07, 6.45) is 8.75. The Hall–Kier alpha value is -2.13. The first-order valence-electron chi connectivity index (χ1n) is 9.12. The van der Waals surface area contributed by atoms with Gasteiger partial charge < -0.3 is 10.3 Å². The zero-order valence-electron chi connectivity index (χ0n) is 13.9. The van der Waals surface area contributed by atoms with Crippen LogP contribution in [0.1, 0.15) is 47.1 Å². The Labute approximate surface area is 141 Å². The molecule has 5 rings (SSSR count). The predicted octanol–water partition coefficient (Wildman–Crippen LogP) is 3.20. The normalized spacial score (nSPS) is 18.6. The number of H-pyrrole nitrogens is 1. The Kier molecular flexibility index (Phi) is 3.23. The summed E-state index contributed by atoms with van der Waals surface area (Å²) in [6, 6.07) is 6.58. The Balaban J connectivity index is 1.70. The summed E-state index contributed by atoms with van der Waals surface area (Å²) in [5.41, 5.74) is 10.5. The average Bonchev–Trinajstić information content (AvgIpc) is 3.02. The number of aromatic nitrogens is 1. The van der Waals surface area contributed by atoms with E-state index in [1.165, 1.54) is 39.8 Å². The molecule has 0 unspecified atom stereocenters. The van der Waals surface area contributed by atoms with E-state index in [1.54, 1.807) is 0 Å². The number of fused-ring (bicyclic) bond motifs is 5. The lowest BCUT2D eigenvalue weighted by atomic mass is 9.88. The molecule has 122 valence electrons. The summed E-state index contributed by atoms with van der Waals surface area (Å²) >= 11 is 0. The number of benzene rings is 1. The quantitative estimate of drug-likeness (QED) is 0.724. The minimum Gasteiger partial charge on any atom is -0.321 e. The van der Waals surface area contributed by atoms with Crippen LogP contribution < -0.4 is 10.9 Å². The van der Waals surface area contributed by atoms with Gasteiger partial charge in [0.05, 0.1) is 5.69 Å². The zero-order chi connectivity index (χ0) is 16.1. The van der Waals surface area contributed by atoms with Crippen molar-refractivity contribution in [2.75, 3.05) is 13.1 Å². The van der Waals surface area contributed by atoms with Gasteiger partial charge in [-0.1, -0.05) is 24.3 Å². The minimum absolute atomic E-state index is 0.141. The van der Waals surface area contributed by atoms with Gasteiger partial charge in [0.25, 0.3) is 5.56 Å². The van der Waals surface area contributed by atoms with Crippen molar-refractivity contribution < 1.29 is 0 Å². The van der Waals surface area contributed by atoms with E-state index in [9.17, 15) is 4.79 Å². The van der Waals surface area contributed by atoms with Crippen LogP contribution in [0.2, 0.25) is 0 Å². The molecule has 3 nitrogen and oxygen atoms in total. The third kappa shape index (κ3) is 2.04. The summed E-state index contributed by atoms with van der Waals surface area (Å²) in [5, 5.41) is 3.39. The molecular formula is C21H22N2O. The molecule has 2 aliphatic carbocycles. The Morgan fingerprint density at radius 2 is 1.71 bits per heavy atom. The van der Waals surface area contributed by atoms with Gasteiger partial charge in [-0.3, -0.25) is 4.79 Å². The molecular weight excluding hydrogens is 296 g/mol. The molecule has 2 aromatic rings. The second-order valence-electron chi connectivity index (χ2n) is 7.16. The first-order chi connectivity index (χ1) is 11.8. The molecule has 3 aliphatic rings. The lowest BCUT2D eigenvalue weighted by Gasteiger charge is -2.18. The Morgan fingerprint density at radius 1 is 0.875 bits per heavy atom. The molecule has 3 heteroatoms. The summed E-state index contributed by atoms with van der Waals surface area (Å²) in [5.74, 6) is 0. The fraction of sp³-hybridized carbons (Fsp3) is 0.381. The number of nitrogens with one attached hydrogen (secondary N) is 2. The average molecular weight is 318 g/mol. The molecule has 0 atom stereocenters. The lowest BCUT2D eigenvalue weighted by Crippen LogP contribution is -2.21. The van der Waals surface area contributed by atoms with E-state index in [-0.39, 0.29) is 5.56 Å². The highest BCUT2D eigenvalue weighted by atomic mass is 16.1. The maximum absolute atomic E-state index is 12.5. The maximum atomic E-state index is 12.5. The molecule has 0 fully saturated rings. The van der Waals surface area contributed by atoms with Crippen molar-refractivity contribution in [1.29, 1.82) is 0 Å². The van der Waals surface area contributed by atoms with Crippen molar-refractivity contribution in [3.8, 4) is 11.3 Å². The third-order valence-corrected chi connectivity index (χ3v) is 5.86. The van der Waals surface area contributed by atoms with Crippen LogP contribution in [0.5, 0.6) is 0 Å². The fourth-order valence-electron chi connectivity index (χ4n) is 4.69. The molecule has 1 aromatic heterocycles. The molecule has 0 radical (unpaired) electrons.